The molecule has 6 nitrogen and oxygen atoms in total. The van der Waals surface area contributed by atoms with Crippen LogP contribution < -0.4 is 19.7 Å². The highest BCUT2D eigenvalue weighted by atomic mass is 32.1. The molecule has 7 heteroatoms. The highest BCUT2D eigenvalue weighted by molar-refractivity contribution is 7.80. The van der Waals surface area contributed by atoms with Gasteiger partial charge in [-0.1, -0.05) is 61.5 Å². The number of amides is 2. The summed E-state index contributed by atoms with van der Waals surface area (Å²) in [4.78, 5) is 27.5. The summed E-state index contributed by atoms with van der Waals surface area (Å²) in [6, 6.07) is 27.3. The zero-order chi connectivity index (χ0) is 27.4. The number of rotatable bonds is 8. The number of hydrogen-bond donors (Lipinski definition) is 1. The van der Waals surface area contributed by atoms with Crippen molar-refractivity contribution < 1.29 is 19.1 Å². The highest BCUT2D eigenvalue weighted by Crippen LogP contribution is 2.31. The van der Waals surface area contributed by atoms with Gasteiger partial charge in [0.2, 0.25) is 0 Å². The van der Waals surface area contributed by atoms with Crippen LogP contribution in [-0.2, 0) is 22.6 Å². The molecule has 0 aromatic heterocycles. The van der Waals surface area contributed by atoms with Crippen molar-refractivity contribution in [1.29, 1.82) is 0 Å². The Labute approximate surface area is 232 Å². The standard InChI is InChI=1S/C32H28N2O4S/c1-3-21-10-14-26(15-11-21)34-31(36)27(30(35)33-32(34)39)18-22-12-16-28(29(19-22)37-4-2)38-20-23-9-13-24-7-5-6-8-25(24)17-23/h5-19H,3-4,20H2,1-2H3,(H,33,35,39)/b27-18+. The zero-order valence-electron chi connectivity index (χ0n) is 21.8. The van der Waals surface area contributed by atoms with Gasteiger partial charge in [-0.25, -0.2) is 0 Å². The number of benzene rings is 4. The SMILES string of the molecule is CCOc1cc(/C=C2\C(=O)NC(=S)N(c3ccc(CC)cc3)C2=O)ccc1OCc1ccc2ccccc2c1. The lowest BCUT2D eigenvalue weighted by Gasteiger charge is -2.29. The Morgan fingerprint density at radius 1 is 0.821 bits per heavy atom. The molecule has 1 N–H and O–H groups in total. The normalized spacial score (nSPS) is 14.6. The number of aryl methyl sites for hydroxylation is 1. The van der Waals surface area contributed by atoms with Crippen LogP contribution in [0.1, 0.15) is 30.5 Å². The van der Waals surface area contributed by atoms with Gasteiger partial charge in [0.25, 0.3) is 11.8 Å². The largest absolute Gasteiger partial charge is 0.490 e. The summed E-state index contributed by atoms with van der Waals surface area (Å²) in [5.74, 6) is 0.0767. The molecule has 0 unspecified atom stereocenters. The number of fused-ring (bicyclic) bond motifs is 1. The third-order valence-corrected chi connectivity index (χ3v) is 6.78. The van der Waals surface area contributed by atoms with Crippen LogP contribution >= 0.6 is 12.2 Å². The Balaban J connectivity index is 1.39. The Bertz CT molecular complexity index is 1590. The zero-order valence-corrected chi connectivity index (χ0v) is 22.6. The Morgan fingerprint density at radius 3 is 2.31 bits per heavy atom. The van der Waals surface area contributed by atoms with Gasteiger partial charge < -0.3 is 9.47 Å². The molecular weight excluding hydrogens is 508 g/mol. The van der Waals surface area contributed by atoms with E-state index in [0.717, 1.165) is 22.9 Å². The second-order valence-corrected chi connectivity index (χ2v) is 9.47. The number of nitrogens with zero attached hydrogens (tertiary/aromatic N) is 1. The molecule has 0 aliphatic carbocycles. The van der Waals surface area contributed by atoms with Crippen LogP contribution in [0.15, 0.2) is 90.5 Å². The van der Waals surface area contributed by atoms with Gasteiger partial charge >= 0.3 is 0 Å². The monoisotopic (exact) mass is 536 g/mol. The third kappa shape index (κ3) is 5.68. The minimum atomic E-state index is -0.541. The average molecular weight is 537 g/mol. The van der Waals surface area contributed by atoms with Crippen LogP contribution in [0.2, 0.25) is 0 Å². The molecule has 1 aliphatic rings. The molecule has 196 valence electrons. The number of thiocarbonyl (C=S) groups is 1. The maximum Gasteiger partial charge on any atom is 0.270 e. The summed E-state index contributed by atoms with van der Waals surface area (Å²) in [5, 5.41) is 5.01. The Morgan fingerprint density at radius 2 is 1.56 bits per heavy atom. The second-order valence-electron chi connectivity index (χ2n) is 9.09. The maximum atomic E-state index is 13.4. The maximum absolute atomic E-state index is 13.4. The molecule has 1 fully saturated rings. The van der Waals surface area contributed by atoms with Gasteiger partial charge in [0.15, 0.2) is 16.6 Å². The Kier molecular flexibility index (Phi) is 7.70. The van der Waals surface area contributed by atoms with E-state index < -0.39 is 11.8 Å². The molecule has 0 spiro atoms. The lowest BCUT2D eigenvalue weighted by molar-refractivity contribution is -0.122. The van der Waals surface area contributed by atoms with Gasteiger partial charge in [-0.15, -0.1) is 0 Å². The van der Waals surface area contributed by atoms with Gasteiger partial charge in [-0.2, -0.15) is 0 Å². The van der Waals surface area contributed by atoms with Gasteiger partial charge in [0.05, 0.1) is 12.3 Å². The third-order valence-electron chi connectivity index (χ3n) is 6.49. The summed E-state index contributed by atoms with van der Waals surface area (Å²) in [7, 11) is 0. The minimum absolute atomic E-state index is 0.0181. The lowest BCUT2D eigenvalue weighted by Crippen LogP contribution is -2.54. The van der Waals surface area contributed by atoms with Crippen molar-refractivity contribution in [2.45, 2.75) is 26.9 Å². The van der Waals surface area contributed by atoms with Crippen LogP contribution in [0, 0.1) is 0 Å². The van der Waals surface area contributed by atoms with E-state index >= 15 is 0 Å². The van der Waals surface area contributed by atoms with E-state index in [2.05, 4.69) is 36.5 Å². The van der Waals surface area contributed by atoms with E-state index in [1.165, 1.54) is 10.3 Å². The number of hydrogen-bond acceptors (Lipinski definition) is 5. The first-order chi connectivity index (χ1) is 19.0. The molecule has 1 heterocycles. The topological polar surface area (TPSA) is 67.9 Å². The van der Waals surface area contributed by atoms with Crippen molar-refractivity contribution in [1.82, 2.24) is 5.32 Å². The van der Waals surface area contributed by atoms with E-state index in [1.807, 2.05) is 49.4 Å². The molecule has 39 heavy (non-hydrogen) atoms. The van der Waals surface area contributed by atoms with Gasteiger partial charge in [0.1, 0.15) is 12.2 Å². The smallest absolute Gasteiger partial charge is 0.270 e. The van der Waals surface area contributed by atoms with Crippen molar-refractivity contribution in [3.8, 4) is 11.5 Å². The van der Waals surface area contributed by atoms with Gasteiger partial charge in [0, 0.05) is 0 Å². The molecule has 5 rings (SSSR count). The number of carbonyl (C=O) groups excluding carboxylic acids is 2. The van der Waals surface area contributed by atoms with E-state index in [4.69, 9.17) is 21.7 Å². The van der Waals surface area contributed by atoms with Crippen LogP contribution in [0.5, 0.6) is 11.5 Å². The molecule has 4 aromatic rings. The van der Waals surface area contributed by atoms with Crippen LogP contribution in [0.4, 0.5) is 5.69 Å². The van der Waals surface area contributed by atoms with Crippen LogP contribution in [0.25, 0.3) is 16.8 Å². The van der Waals surface area contributed by atoms with Crippen LogP contribution in [-0.4, -0.2) is 23.5 Å². The summed E-state index contributed by atoms with van der Waals surface area (Å²) >= 11 is 5.32. The second kappa shape index (κ2) is 11.5. The molecule has 1 saturated heterocycles. The minimum Gasteiger partial charge on any atom is -0.490 e. The fraction of sp³-hybridized carbons (Fsp3) is 0.156. The first-order valence-electron chi connectivity index (χ1n) is 12.8. The summed E-state index contributed by atoms with van der Waals surface area (Å²) in [6.07, 6.45) is 2.42. The molecular formula is C32H28N2O4S. The summed E-state index contributed by atoms with van der Waals surface area (Å²) < 4.78 is 11.9. The summed E-state index contributed by atoms with van der Waals surface area (Å²) in [6.45, 7) is 4.75. The van der Waals surface area contributed by atoms with Crippen molar-refractivity contribution in [3.63, 3.8) is 0 Å². The van der Waals surface area contributed by atoms with Crippen molar-refractivity contribution in [3.05, 3.63) is 107 Å². The molecule has 0 bridgehead atoms. The quantitative estimate of drug-likeness (QED) is 0.165. The molecule has 2 amide bonds. The van der Waals surface area contributed by atoms with Gasteiger partial charge in [-0.05, 0) is 89.4 Å². The lowest BCUT2D eigenvalue weighted by atomic mass is 10.1. The van der Waals surface area contributed by atoms with E-state index in [-0.39, 0.29) is 10.7 Å². The predicted molar refractivity (Wildman–Crippen MR) is 158 cm³/mol. The van der Waals surface area contributed by atoms with Crippen molar-refractivity contribution in [2.75, 3.05) is 11.5 Å². The van der Waals surface area contributed by atoms with Crippen LogP contribution in [0.3, 0.4) is 0 Å². The van der Waals surface area contributed by atoms with E-state index in [1.54, 1.807) is 24.3 Å². The van der Waals surface area contributed by atoms with Crippen molar-refractivity contribution in [2.24, 2.45) is 0 Å². The predicted octanol–water partition coefficient (Wildman–Crippen LogP) is 6.21. The number of nitrogens with one attached hydrogen (secondary N) is 1. The number of anilines is 1. The highest BCUT2D eigenvalue weighted by Gasteiger charge is 2.34. The molecule has 4 aromatic carbocycles. The number of carbonyl (C=O) groups is 2. The molecule has 0 atom stereocenters. The fourth-order valence-electron chi connectivity index (χ4n) is 4.43. The van der Waals surface area contributed by atoms with E-state index in [9.17, 15) is 9.59 Å². The molecule has 0 radical (unpaired) electrons. The average Bonchev–Trinajstić information content (AvgIpc) is 2.95. The van der Waals surface area contributed by atoms with Crippen molar-refractivity contribution >= 4 is 51.7 Å². The Hall–Kier alpha value is -4.49. The first kappa shape index (κ1) is 26.1. The fourth-order valence-corrected chi connectivity index (χ4v) is 4.71. The summed E-state index contributed by atoms with van der Waals surface area (Å²) in [5.41, 5.74) is 3.38. The molecule has 1 aliphatic heterocycles. The van der Waals surface area contributed by atoms with Gasteiger partial charge in [-0.3, -0.25) is 19.8 Å². The van der Waals surface area contributed by atoms with E-state index in [0.29, 0.717) is 36.0 Å². The first-order valence-corrected chi connectivity index (χ1v) is 13.3. The molecule has 0 saturated carbocycles. The number of ether oxygens (including phenoxy) is 2.